The summed E-state index contributed by atoms with van der Waals surface area (Å²) in [5.41, 5.74) is -0.356. The molecule has 1 heterocycles. The van der Waals surface area contributed by atoms with Crippen molar-refractivity contribution in [1.82, 2.24) is 15.3 Å². The number of nitrogens with one attached hydrogen (secondary N) is 1. The molecular weight excluding hydrogens is 286 g/mol. The summed E-state index contributed by atoms with van der Waals surface area (Å²) < 4.78 is 51.3. The maximum atomic E-state index is 13.7. The normalized spacial score (nSPS) is 13.2. The molecule has 0 amide bonds. The maximum absolute atomic E-state index is 13.7. The second-order valence-corrected chi connectivity index (χ2v) is 4.49. The molecule has 3 nitrogen and oxygen atoms in total. The highest BCUT2D eigenvalue weighted by molar-refractivity contribution is 5.32. The van der Waals surface area contributed by atoms with Crippen LogP contribution in [0.5, 0.6) is 0 Å². The Morgan fingerprint density at radius 2 is 1.90 bits per heavy atom. The SMILES string of the molecule is CNC(c1ccc(C(F)(F)F)c(F)c1)c1ccnc(C)n1. The Morgan fingerprint density at radius 3 is 2.43 bits per heavy atom. The van der Waals surface area contributed by atoms with E-state index in [1.165, 1.54) is 6.07 Å². The Labute approximate surface area is 119 Å². The van der Waals surface area contributed by atoms with Crippen LogP contribution in [0, 0.1) is 12.7 Å². The van der Waals surface area contributed by atoms with Gasteiger partial charge in [0.05, 0.1) is 17.3 Å². The van der Waals surface area contributed by atoms with E-state index in [0.29, 0.717) is 17.1 Å². The van der Waals surface area contributed by atoms with Crippen molar-refractivity contribution in [3.8, 4) is 0 Å². The summed E-state index contributed by atoms with van der Waals surface area (Å²) in [7, 11) is 1.62. The van der Waals surface area contributed by atoms with Crippen LogP contribution in [0.3, 0.4) is 0 Å². The predicted molar refractivity (Wildman–Crippen MR) is 69.1 cm³/mol. The van der Waals surface area contributed by atoms with Gasteiger partial charge >= 0.3 is 6.18 Å². The molecule has 1 unspecified atom stereocenters. The fourth-order valence-corrected chi connectivity index (χ4v) is 2.06. The minimum Gasteiger partial charge on any atom is -0.308 e. The molecule has 1 atom stereocenters. The largest absolute Gasteiger partial charge is 0.419 e. The number of rotatable bonds is 3. The fourth-order valence-electron chi connectivity index (χ4n) is 2.06. The minimum absolute atomic E-state index is 0.362. The van der Waals surface area contributed by atoms with Gasteiger partial charge in [-0.2, -0.15) is 13.2 Å². The van der Waals surface area contributed by atoms with Crippen LogP contribution < -0.4 is 5.32 Å². The van der Waals surface area contributed by atoms with E-state index >= 15 is 0 Å². The first kappa shape index (κ1) is 15.4. The van der Waals surface area contributed by atoms with Crippen molar-refractivity contribution in [2.45, 2.75) is 19.1 Å². The van der Waals surface area contributed by atoms with Crippen LogP contribution in [0.1, 0.15) is 28.7 Å². The standard InChI is InChI=1S/C14H13F4N3/c1-8-20-6-5-12(21-8)13(19-2)9-3-4-10(11(15)7-9)14(16,17)18/h3-7,13,19H,1-2H3. The number of halogens is 4. The molecule has 112 valence electrons. The van der Waals surface area contributed by atoms with E-state index in [-0.39, 0.29) is 0 Å². The van der Waals surface area contributed by atoms with Gasteiger partial charge in [-0.25, -0.2) is 14.4 Å². The Bertz CT molecular complexity index is 640. The highest BCUT2D eigenvalue weighted by Gasteiger charge is 2.34. The topological polar surface area (TPSA) is 37.8 Å². The molecule has 1 aromatic heterocycles. The third-order valence-electron chi connectivity index (χ3n) is 3.01. The molecule has 1 N–H and O–H groups in total. The van der Waals surface area contributed by atoms with E-state index in [1.807, 2.05) is 0 Å². The van der Waals surface area contributed by atoms with Crippen molar-refractivity contribution < 1.29 is 17.6 Å². The van der Waals surface area contributed by atoms with Gasteiger partial charge in [-0.15, -0.1) is 0 Å². The lowest BCUT2D eigenvalue weighted by atomic mass is 10.0. The molecule has 2 rings (SSSR count). The molecule has 0 aliphatic rings. The van der Waals surface area contributed by atoms with E-state index in [9.17, 15) is 17.6 Å². The second-order valence-electron chi connectivity index (χ2n) is 4.49. The number of nitrogens with zero attached hydrogens (tertiary/aromatic N) is 2. The summed E-state index contributed by atoms with van der Waals surface area (Å²) in [6.45, 7) is 1.70. The molecule has 1 aromatic carbocycles. The van der Waals surface area contributed by atoms with E-state index < -0.39 is 23.6 Å². The first-order valence-corrected chi connectivity index (χ1v) is 6.16. The van der Waals surface area contributed by atoms with E-state index in [2.05, 4.69) is 15.3 Å². The molecule has 0 aliphatic carbocycles. The Balaban J connectivity index is 2.42. The Kier molecular flexibility index (Phi) is 4.22. The highest BCUT2D eigenvalue weighted by Crippen LogP contribution is 2.33. The van der Waals surface area contributed by atoms with Gasteiger partial charge in [0.15, 0.2) is 0 Å². The molecule has 0 saturated heterocycles. The van der Waals surface area contributed by atoms with Crippen LogP contribution in [0.2, 0.25) is 0 Å². The van der Waals surface area contributed by atoms with Crippen molar-refractivity contribution in [3.63, 3.8) is 0 Å². The Morgan fingerprint density at radius 1 is 1.19 bits per heavy atom. The monoisotopic (exact) mass is 299 g/mol. The van der Waals surface area contributed by atoms with Crippen molar-refractivity contribution in [2.24, 2.45) is 0 Å². The van der Waals surface area contributed by atoms with Crippen LogP contribution in [0.25, 0.3) is 0 Å². The molecule has 0 radical (unpaired) electrons. The minimum atomic E-state index is -4.71. The molecule has 0 saturated carbocycles. The Hall–Kier alpha value is -2.02. The number of hydrogen-bond donors (Lipinski definition) is 1. The third kappa shape index (κ3) is 3.36. The van der Waals surface area contributed by atoms with Crippen molar-refractivity contribution >= 4 is 0 Å². The first-order valence-electron chi connectivity index (χ1n) is 6.16. The zero-order valence-corrected chi connectivity index (χ0v) is 11.4. The van der Waals surface area contributed by atoms with Gasteiger partial charge in [-0.3, -0.25) is 0 Å². The quantitative estimate of drug-likeness (QED) is 0.884. The molecule has 0 aliphatic heterocycles. The van der Waals surface area contributed by atoms with Crippen molar-refractivity contribution in [3.05, 3.63) is 58.9 Å². The molecule has 2 aromatic rings. The maximum Gasteiger partial charge on any atom is 0.419 e. The highest BCUT2D eigenvalue weighted by atomic mass is 19.4. The first-order chi connectivity index (χ1) is 9.82. The van der Waals surface area contributed by atoms with Gasteiger partial charge in [0.2, 0.25) is 0 Å². The number of aryl methyl sites for hydroxylation is 1. The number of benzene rings is 1. The predicted octanol–water partition coefficient (Wildman–Crippen LogP) is 3.25. The summed E-state index contributed by atoms with van der Waals surface area (Å²) in [6.07, 6.45) is -3.16. The van der Waals surface area contributed by atoms with Gasteiger partial charge < -0.3 is 5.32 Å². The third-order valence-corrected chi connectivity index (χ3v) is 3.01. The zero-order chi connectivity index (χ0) is 15.6. The van der Waals surface area contributed by atoms with Crippen LogP contribution in [-0.2, 0) is 6.18 Å². The van der Waals surface area contributed by atoms with Crippen molar-refractivity contribution in [1.29, 1.82) is 0 Å². The molecular formula is C14H13F4N3. The number of hydrogen-bond acceptors (Lipinski definition) is 3. The average molecular weight is 299 g/mol. The van der Waals surface area contributed by atoms with E-state index in [1.54, 1.807) is 26.2 Å². The summed E-state index contributed by atoms with van der Waals surface area (Å²) >= 11 is 0. The van der Waals surface area contributed by atoms with E-state index in [0.717, 1.165) is 12.1 Å². The smallest absolute Gasteiger partial charge is 0.308 e. The lowest BCUT2D eigenvalue weighted by Crippen LogP contribution is -2.20. The summed E-state index contributed by atoms with van der Waals surface area (Å²) in [5.74, 6) is -0.772. The molecule has 21 heavy (non-hydrogen) atoms. The number of alkyl halides is 3. The van der Waals surface area contributed by atoms with Crippen LogP contribution in [0.4, 0.5) is 17.6 Å². The summed E-state index contributed by atoms with van der Waals surface area (Å²) in [6, 6.07) is 3.97. The van der Waals surface area contributed by atoms with Crippen LogP contribution in [-0.4, -0.2) is 17.0 Å². The van der Waals surface area contributed by atoms with Gasteiger partial charge in [0, 0.05) is 6.20 Å². The van der Waals surface area contributed by atoms with Crippen molar-refractivity contribution in [2.75, 3.05) is 7.05 Å². The lowest BCUT2D eigenvalue weighted by molar-refractivity contribution is -0.140. The average Bonchev–Trinajstić information content (AvgIpc) is 2.38. The summed E-state index contributed by atoms with van der Waals surface area (Å²) in [4.78, 5) is 8.16. The van der Waals surface area contributed by atoms with Crippen LogP contribution in [0.15, 0.2) is 30.5 Å². The second kappa shape index (κ2) is 5.77. The fraction of sp³-hybridized carbons (Fsp3) is 0.286. The molecule has 0 fully saturated rings. The van der Waals surface area contributed by atoms with Gasteiger partial charge in [-0.05, 0) is 37.7 Å². The molecule has 0 spiro atoms. The zero-order valence-electron chi connectivity index (χ0n) is 11.4. The molecule has 7 heteroatoms. The van der Waals surface area contributed by atoms with Gasteiger partial charge in [-0.1, -0.05) is 6.07 Å². The van der Waals surface area contributed by atoms with E-state index in [4.69, 9.17) is 0 Å². The lowest BCUT2D eigenvalue weighted by Gasteiger charge is -2.17. The number of aromatic nitrogens is 2. The van der Waals surface area contributed by atoms with Gasteiger partial charge in [0.1, 0.15) is 11.6 Å². The molecule has 0 bridgehead atoms. The van der Waals surface area contributed by atoms with Crippen LogP contribution >= 0.6 is 0 Å². The summed E-state index contributed by atoms with van der Waals surface area (Å²) in [5, 5.41) is 2.91. The van der Waals surface area contributed by atoms with Gasteiger partial charge in [0.25, 0.3) is 0 Å².